The van der Waals surface area contributed by atoms with E-state index in [-0.39, 0.29) is 29.2 Å². The first-order valence-corrected chi connectivity index (χ1v) is 10.8. The summed E-state index contributed by atoms with van der Waals surface area (Å²) in [5.41, 5.74) is 0.436. The Hall–Kier alpha value is -1.81. The molecular formula is C19H26N2O6S. The Morgan fingerprint density at radius 2 is 1.79 bits per heavy atom. The number of likely N-dealkylation sites (N-methyl/N-ethyl adjacent to an activating group) is 1. The molecule has 0 saturated carbocycles. The number of piperidine rings is 1. The molecule has 9 heteroatoms. The number of benzene rings is 1. The van der Waals surface area contributed by atoms with Crippen molar-refractivity contribution in [3.05, 3.63) is 29.8 Å². The summed E-state index contributed by atoms with van der Waals surface area (Å²) in [6.45, 7) is 2.73. The Morgan fingerprint density at radius 1 is 1.14 bits per heavy atom. The van der Waals surface area contributed by atoms with Crippen LogP contribution >= 0.6 is 0 Å². The molecule has 2 saturated heterocycles. The zero-order valence-electron chi connectivity index (χ0n) is 16.2. The Bertz CT molecular complexity index is 817. The fourth-order valence-corrected chi connectivity index (χ4v) is 4.68. The van der Waals surface area contributed by atoms with Gasteiger partial charge in [0.25, 0.3) is 0 Å². The molecule has 2 fully saturated rings. The molecule has 0 radical (unpaired) electrons. The van der Waals surface area contributed by atoms with Gasteiger partial charge in [0, 0.05) is 19.2 Å². The Kier molecular flexibility index (Phi) is 6.49. The van der Waals surface area contributed by atoms with Crippen molar-refractivity contribution in [3.8, 4) is 0 Å². The molecule has 0 spiro atoms. The molecule has 2 aliphatic heterocycles. The predicted octanol–water partition coefficient (Wildman–Crippen LogP) is 1.26. The number of ether oxygens (including phenoxy) is 2. The van der Waals surface area contributed by atoms with Crippen molar-refractivity contribution < 1.29 is 27.5 Å². The van der Waals surface area contributed by atoms with Gasteiger partial charge in [-0.3, -0.25) is 9.59 Å². The van der Waals surface area contributed by atoms with Crippen LogP contribution in [0.25, 0.3) is 0 Å². The van der Waals surface area contributed by atoms with Crippen molar-refractivity contribution in [2.75, 3.05) is 33.4 Å². The van der Waals surface area contributed by atoms with E-state index in [2.05, 4.69) is 0 Å². The lowest BCUT2D eigenvalue weighted by Crippen LogP contribution is -2.53. The summed E-state index contributed by atoms with van der Waals surface area (Å²) in [5, 5.41) is 0. The number of hydrogen-bond acceptors (Lipinski definition) is 6. The Morgan fingerprint density at radius 3 is 2.39 bits per heavy atom. The molecule has 1 amide bonds. The fraction of sp³-hybridized carbons (Fsp3) is 0.579. The summed E-state index contributed by atoms with van der Waals surface area (Å²) in [6, 6.07) is 5.53. The molecule has 8 nitrogen and oxygen atoms in total. The maximum atomic E-state index is 12.9. The van der Waals surface area contributed by atoms with Gasteiger partial charge in [0.1, 0.15) is 0 Å². The standard InChI is InChI=1S/C19H26N2O6S/c1-14(22)15-6-8-16(9-7-15)28(24,25)20(2)13-18(23)21-10-4-3-5-17(21)19-26-11-12-27-19/h6-9,17,19H,3-5,10-13H2,1-2H3. The molecule has 2 heterocycles. The van der Waals surface area contributed by atoms with Crippen LogP contribution < -0.4 is 0 Å². The third kappa shape index (κ3) is 4.43. The normalized spacial score (nSPS) is 21.2. The largest absolute Gasteiger partial charge is 0.348 e. The molecular weight excluding hydrogens is 384 g/mol. The SMILES string of the molecule is CC(=O)c1ccc(S(=O)(=O)N(C)CC(=O)N2CCCCC2C2OCCO2)cc1. The van der Waals surface area contributed by atoms with E-state index in [9.17, 15) is 18.0 Å². The number of likely N-dealkylation sites (tertiary alicyclic amines) is 1. The predicted molar refractivity (Wildman–Crippen MR) is 101 cm³/mol. The minimum absolute atomic E-state index is 0.0467. The van der Waals surface area contributed by atoms with Crippen LogP contribution in [-0.2, 0) is 24.3 Å². The van der Waals surface area contributed by atoms with Gasteiger partial charge >= 0.3 is 0 Å². The minimum atomic E-state index is -3.84. The summed E-state index contributed by atoms with van der Waals surface area (Å²) < 4.78 is 37.8. The van der Waals surface area contributed by atoms with Crippen molar-refractivity contribution in [2.24, 2.45) is 0 Å². The van der Waals surface area contributed by atoms with E-state index in [0.29, 0.717) is 25.3 Å². The first-order chi connectivity index (χ1) is 13.3. The van der Waals surface area contributed by atoms with Gasteiger partial charge in [0.05, 0.1) is 30.7 Å². The van der Waals surface area contributed by atoms with Gasteiger partial charge in [0.2, 0.25) is 15.9 Å². The monoisotopic (exact) mass is 410 g/mol. The van der Waals surface area contributed by atoms with E-state index in [4.69, 9.17) is 9.47 Å². The molecule has 1 unspecified atom stereocenters. The van der Waals surface area contributed by atoms with Crippen LogP contribution in [0.2, 0.25) is 0 Å². The second-order valence-electron chi connectivity index (χ2n) is 7.10. The van der Waals surface area contributed by atoms with Gasteiger partial charge in [-0.2, -0.15) is 4.31 Å². The van der Waals surface area contributed by atoms with E-state index >= 15 is 0 Å². The second-order valence-corrected chi connectivity index (χ2v) is 9.15. The first-order valence-electron chi connectivity index (χ1n) is 9.41. The Labute approximate surface area is 165 Å². The smallest absolute Gasteiger partial charge is 0.243 e. The highest BCUT2D eigenvalue weighted by Gasteiger charge is 2.37. The lowest BCUT2D eigenvalue weighted by Gasteiger charge is -2.38. The highest BCUT2D eigenvalue weighted by atomic mass is 32.2. The van der Waals surface area contributed by atoms with Crippen molar-refractivity contribution in [1.82, 2.24) is 9.21 Å². The number of ketones is 1. The molecule has 1 aromatic rings. The summed E-state index contributed by atoms with van der Waals surface area (Å²) in [5.74, 6) is -0.407. The van der Waals surface area contributed by atoms with Crippen LogP contribution in [0.5, 0.6) is 0 Å². The van der Waals surface area contributed by atoms with Crippen LogP contribution in [0.3, 0.4) is 0 Å². The lowest BCUT2D eigenvalue weighted by molar-refractivity contribution is -0.150. The van der Waals surface area contributed by atoms with E-state index < -0.39 is 16.3 Å². The average Bonchev–Trinajstić information content (AvgIpc) is 3.22. The number of nitrogens with zero attached hydrogens (tertiary/aromatic N) is 2. The topological polar surface area (TPSA) is 93.2 Å². The van der Waals surface area contributed by atoms with Crippen molar-refractivity contribution in [1.29, 1.82) is 0 Å². The summed E-state index contributed by atoms with van der Waals surface area (Å²) >= 11 is 0. The number of sulfonamides is 1. The summed E-state index contributed by atoms with van der Waals surface area (Å²) in [4.78, 5) is 26.0. The number of rotatable bonds is 6. The maximum Gasteiger partial charge on any atom is 0.243 e. The highest BCUT2D eigenvalue weighted by molar-refractivity contribution is 7.89. The van der Waals surface area contributed by atoms with E-state index in [0.717, 1.165) is 23.6 Å². The second kappa shape index (κ2) is 8.69. The molecule has 0 aromatic heterocycles. The number of carbonyl (C=O) groups is 2. The summed E-state index contributed by atoms with van der Waals surface area (Å²) in [6.07, 6.45) is 2.19. The summed E-state index contributed by atoms with van der Waals surface area (Å²) in [7, 11) is -2.46. The van der Waals surface area contributed by atoms with Crippen LogP contribution in [0.15, 0.2) is 29.2 Å². The number of Topliss-reactive ketones (excluding diaryl/α,β-unsaturated/α-hetero) is 1. The first kappa shape index (κ1) is 20.9. The fourth-order valence-electron chi connectivity index (χ4n) is 3.56. The van der Waals surface area contributed by atoms with E-state index in [1.807, 2.05) is 0 Å². The Balaban J connectivity index is 1.70. The molecule has 1 atom stereocenters. The number of carbonyl (C=O) groups excluding carboxylic acids is 2. The van der Waals surface area contributed by atoms with Crippen LogP contribution in [-0.4, -0.2) is 75.0 Å². The molecule has 0 bridgehead atoms. The number of hydrogen-bond donors (Lipinski definition) is 0. The zero-order valence-corrected chi connectivity index (χ0v) is 17.0. The van der Waals surface area contributed by atoms with Gasteiger partial charge < -0.3 is 14.4 Å². The molecule has 154 valence electrons. The minimum Gasteiger partial charge on any atom is -0.348 e. The number of amides is 1. The van der Waals surface area contributed by atoms with Crippen LogP contribution in [0.4, 0.5) is 0 Å². The quantitative estimate of drug-likeness (QED) is 0.656. The van der Waals surface area contributed by atoms with Gasteiger partial charge in [-0.1, -0.05) is 12.1 Å². The molecule has 1 aromatic carbocycles. The molecule has 2 aliphatic rings. The van der Waals surface area contributed by atoms with Crippen molar-refractivity contribution in [3.63, 3.8) is 0 Å². The van der Waals surface area contributed by atoms with Gasteiger partial charge in [-0.25, -0.2) is 8.42 Å². The highest BCUT2D eigenvalue weighted by Crippen LogP contribution is 2.25. The third-order valence-electron chi connectivity index (χ3n) is 5.16. The maximum absolute atomic E-state index is 12.9. The van der Waals surface area contributed by atoms with Crippen molar-refractivity contribution >= 4 is 21.7 Å². The van der Waals surface area contributed by atoms with Gasteiger partial charge in [0.15, 0.2) is 12.1 Å². The third-order valence-corrected chi connectivity index (χ3v) is 6.98. The van der Waals surface area contributed by atoms with Gasteiger partial charge in [-0.05, 0) is 38.3 Å². The van der Waals surface area contributed by atoms with Crippen LogP contribution in [0.1, 0.15) is 36.5 Å². The van der Waals surface area contributed by atoms with E-state index in [1.54, 1.807) is 4.90 Å². The molecule has 28 heavy (non-hydrogen) atoms. The van der Waals surface area contributed by atoms with Crippen LogP contribution in [0, 0.1) is 0 Å². The van der Waals surface area contributed by atoms with Crippen molar-refractivity contribution in [2.45, 2.75) is 43.4 Å². The van der Waals surface area contributed by atoms with Gasteiger partial charge in [-0.15, -0.1) is 0 Å². The average molecular weight is 410 g/mol. The van der Waals surface area contributed by atoms with E-state index in [1.165, 1.54) is 38.2 Å². The molecule has 0 N–H and O–H groups in total. The lowest BCUT2D eigenvalue weighted by atomic mass is 10.0. The zero-order chi connectivity index (χ0) is 20.3. The molecule has 3 rings (SSSR count). The molecule has 0 aliphatic carbocycles.